The smallest absolute Gasteiger partial charge is 0.335 e. The van der Waals surface area contributed by atoms with Gasteiger partial charge in [0.1, 0.15) is 5.75 Å². The molecule has 0 saturated carbocycles. The van der Waals surface area contributed by atoms with Gasteiger partial charge in [-0.05, 0) is 56.6 Å². The van der Waals surface area contributed by atoms with E-state index in [1.807, 2.05) is 0 Å². The van der Waals surface area contributed by atoms with Gasteiger partial charge in [0.2, 0.25) is 0 Å². The topological polar surface area (TPSA) is 58.6 Å². The highest BCUT2D eigenvalue weighted by Gasteiger charge is 2.01. The molecule has 0 aliphatic carbocycles. The zero-order valence-electron chi connectivity index (χ0n) is 13.6. The molecular formula is C18H29NO3. The maximum absolute atomic E-state index is 10.7. The first-order valence-corrected chi connectivity index (χ1v) is 8.41. The van der Waals surface area contributed by atoms with E-state index in [0.29, 0.717) is 6.61 Å². The van der Waals surface area contributed by atoms with Crippen LogP contribution in [0.25, 0.3) is 0 Å². The fraction of sp³-hybridized carbons (Fsp3) is 0.611. The number of ether oxygens (including phenoxy) is 1. The number of carboxylic acid groups (broad SMARTS) is 1. The molecule has 0 saturated heterocycles. The van der Waals surface area contributed by atoms with E-state index in [-0.39, 0.29) is 5.56 Å². The highest BCUT2D eigenvalue weighted by atomic mass is 16.5. The van der Waals surface area contributed by atoms with Crippen molar-refractivity contribution in [1.29, 1.82) is 0 Å². The van der Waals surface area contributed by atoms with Crippen LogP contribution in [0.4, 0.5) is 0 Å². The molecule has 2 N–H and O–H groups in total. The molecule has 0 aromatic heterocycles. The average molecular weight is 307 g/mol. The van der Waals surface area contributed by atoms with Gasteiger partial charge in [-0.1, -0.05) is 32.6 Å². The molecule has 0 fully saturated rings. The second-order valence-corrected chi connectivity index (χ2v) is 5.55. The van der Waals surface area contributed by atoms with Crippen molar-refractivity contribution in [3.05, 3.63) is 29.8 Å². The summed E-state index contributed by atoms with van der Waals surface area (Å²) in [5.41, 5.74) is 0.287. The standard InChI is InChI=1S/C18H29NO3/c1-2-3-4-5-6-13-19-14-7-8-15-22-17-11-9-16(10-12-17)18(20)21/h9-12,19H,2-8,13-15H2,1H3,(H,20,21). The van der Waals surface area contributed by atoms with E-state index in [1.54, 1.807) is 24.3 Å². The fourth-order valence-corrected chi connectivity index (χ4v) is 2.21. The van der Waals surface area contributed by atoms with E-state index < -0.39 is 5.97 Å². The number of unbranched alkanes of at least 4 members (excludes halogenated alkanes) is 5. The van der Waals surface area contributed by atoms with Gasteiger partial charge < -0.3 is 15.2 Å². The van der Waals surface area contributed by atoms with Gasteiger partial charge in [-0.2, -0.15) is 0 Å². The van der Waals surface area contributed by atoms with Crippen LogP contribution < -0.4 is 10.1 Å². The number of carbonyl (C=O) groups is 1. The van der Waals surface area contributed by atoms with Gasteiger partial charge in [0.15, 0.2) is 0 Å². The van der Waals surface area contributed by atoms with E-state index in [4.69, 9.17) is 9.84 Å². The molecule has 22 heavy (non-hydrogen) atoms. The number of rotatable bonds is 13. The predicted octanol–water partition coefficient (Wildman–Crippen LogP) is 4.10. The molecular weight excluding hydrogens is 278 g/mol. The van der Waals surface area contributed by atoms with Gasteiger partial charge in [0.25, 0.3) is 0 Å². The fourth-order valence-electron chi connectivity index (χ4n) is 2.21. The molecule has 0 bridgehead atoms. The van der Waals surface area contributed by atoms with E-state index >= 15 is 0 Å². The molecule has 4 heteroatoms. The predicted molar refractivity (Wildman–Crippen MR) is 89.8 cm³/mol. The van der Waals surface area contributed by atoms with Crippen LogP contribution in [-0.2, 0) is 0 Å². The van der Waals surface area contributed by atoms with Crippen LogP contribution >= 0.6 is 0 Å². The Morgan fingerprint density at radius 2 is 1.64 bits per heavy atom. The first-order chi connectivity index (χ1) is 10.7. The summed E-state index contributed by atoms with van der Waals surface area (Å²) in [6, 6.07) is 6.55. The summed E-state index contributed by atoms with van der Waals surface area (Å²) < 4.78 is 5.59. The minimum Gasteiger partial charge on any atom is -0.494 e. The Kier molecular flexibility index (Phi) is 10.1. The van der Waals surface area contributed by atoms with Crippen LogP contribution in [0.2, 0.25) is 0 Å². The molecule has 0 unspecified atom stereocenters. The Balaban J connectivity index is 1.94. The van der Waals surface area contributed by atoms with Crippen LogP contribution in [0.5, 0.6) is 5.75 Å². The molecule has 0 spiro atoms. The normalized spacial score (nSPS) is 10.6. The third kappa shape index (κ3) is 8.67. The summed E-state index contributed by atoms with van der Waals surface area (Å²) in [7, 11) is 0. The van der Waals surface area contributed by atoms with Crippen LogP contribution in [-0.4, -0.2) is 30.8 Å². The number of carboxylic acids is 1. The van der Waals surface area contributed by atoms with Gasteiger partial charge in [-0.3, -0.25) is 0 Å². The van der Waals surface area contributed by atoms with Gasteiger partial charge in [0, 0.05) is 0 Å². The molecule has 1 rings (SSSR count). The molecule has 0 radical (unpaired) electrons. The lowest BCUT2D eigenvalue weighted by Crippen LogP contribution is -2.17. The quantitative estimate of drug-likeness (QED) is 0.539. The maximum Gasteiger partial charge on any atom is 0.335 e. The van der Waals surface area contributed by atoms with E-state index in [9.17, 15) is 4.79 Å². The van der Waals surface area contributed by atoms with Crippen molar-refractivity contribution in [2.45, 2.75) is 51.9 Å². The Morgan fingerprint density at radius 1 is 1.00 bits per heavy atom. The summed E-state index contributed by atoms with van der Waals surface area (Å²) in [5, 5.41) is 12.3. The second kappa shape index (κ2) is 12.0. The number of hydrogen-bond donors (Lipinski definition) is 2. The van der Waals surface area contributed by atoms with E-state index in [0.717, 1.165) is 31.7 Å². The molecule has 0 heterocycles. The monoisotopic (exact) mass is 307 g/mol. The lowest BCUT2D eigenvalue weighted by molar-refractivity contribution is 0.0697. The highest BCUT2D eigenvalue weighted by Crippen LogP contribution is 2.12. The van der Waals surface area contributed by atoms with Crippen molar-refractivity contribution in [2.24, 2.45) is 0 Å². The summed E-state index contributed by atoms with van der Waals surface area (Å²) in [4.78, 5) is 10.7. The summed E-state index contributed by atoms with van der Waals surface area (Å²) >= 11 is 0. The number of benzene rings is 1. The van der Waals surface area contributed by atoms with Crippen LogP contribution in [0.3, 0.4) is 0 Å². The number of hydrogen-bond acceptors (Lipinski definition) is 3. The average Bonchev–Trinajstić information content (AvgIpc) is 2.53. The number of nitrogens with one attached hydrogen (secondary N) is 1. The second-order valence-electron chi connectivity index (χ2n) is 5.55. The van der Waals surface area contributed by atoms with Crippen LogP contribution in [0, 0.1) is 0 Å². The molecule has 124 valence electrons. The van der Waals surface area contributed by atoms with Crippen LogP contribution in [0.1, 0.15) is 62.2 Å². The van der Waals surface area contributed by atoms with Crippen molar-refractivity contribution in [2.75, 3.05) is 19.7 Å². The van der Waals surface area contributed by atoms with E-state index in [1.165, 1.54) is 32.1 Å². The minimum absolute atomic E-state index is 0.287. The minimum atomic E-state index is -0.910. The summed E-state index contributed by atoms with van der Waals surface area (Å²) in [6.45, 7) is 5.06. The van der Waals surface area contributed by atoms with Crippen molar-refractivity contribution in [3.8, 4) is 5.75 Å². The molecule has 0 aliphatic rings. The Morgan fingerprint density at radius 3 is 2.27 bits per heavy atom. The van der Waals surface area contributed by atoms with E-state index in [2.05, 4.69) is 12.2 Å². The Labute approximate surface area is 133 Å². The van der Waals surface area contributed by atoms with Gasteiger partial charge in [-0.15, -0.1) is 0 Å². The first-order valence-electron chi connectivity index (χ1n) is 8.41. The lowest BCUT2D eigenvalue weighted by atomic mass is 10.1. The zero-order valence-corrected chi connectivity index (χ0v) is 13.6. The first kappa shape index (κ1) is 18.5. The van der Waals surface area contributed by atoms with Crippen LogP contribution in [0.15, 0.2) is 24.3 Å². The summed E-state index contributed by atoms with van der Waals surface area (Å²) in [6.07, 6.45) is 8.71. The third-order valence-electron chi connectivity index (χ3n) is 3.57. The summed E-state index contributed by atoms with van der Waals surface area (Å²) in [5.74, 6) is -0.179. The van der Waals surface area contributed by atoms with Gasteiger partial charge in [-0.25, -0.2) is 4.79 Å². The molecule has 4 nitrogen and oxygen atoms in total. The number of aromatic carboxylic acids is 1. The van der Waals surface area contributed by atoms with Gasteiger partial charge >= 0.3 is 5.97 Å². The molecule has 1 aromatic rings. The highest BCUT2D eigenvalue weighted by molar-refractivity contribution is 5.87. The zero-order chi connectivity index (χ0) is 16.0. The lowest BCUT2D eigenvalue weighted by Gasteiger charge is -2.07. The SMILES string of the molecule is CCCCCCCNCCCCOc1ccc(C(=O)O)cc1. The third-order valence-corrected chi connectivity index (χ3v) is 3.57. The van der Waals surface area contributed by atoms with Gasteiger partial charge in [0.05, 0.1) is 12.2 Å². The molecule has 0 amide bonds. The maximum atomic E-state index is 10.7. The Hall–Kier alpha value is -1.55. The molecule has 0 atom stereocenters. The molecule has 1 aromatic carbocycles. The largest absolute Gasteiger partial charge is 0.494 e. The van der Waals surface area contributed by atoms with Crippen molar-refractivity contribution in [1.82, 2.24) is 5.32 Å². The van der Waals surface area contributed by atoms with Crippen molar-refractivity contribution < 1.29 is 14.6 Å². The van der Waals surface area contributed by atoms with Crippen molar-refractivity contribution in [3.63, 3.8) is 0 Å². The molecule has 0 aliphatic heterocycles. The Bertz CT molecular complexity index is 403. The van der Waals surface area contributed by atoms with Crippen molar-refractivity contribution >= 4 is 5.97 Å².